The van der Waals surface area contributed by atoms with Gasteiger partial charge in [0.15, 0.2) is 11.5 Å². The molecule has 0 fully saturated rings. The Morgan fingerprint density at radius 3 is 2.37 bits per heavy atom. The van der Waals surface area contributed by atoms with E-state index < -0.39 is 0 Å². The highest BCUT2D eigenvalue weighted by Crippen LogP contribution is 2.14. The number of carbonyl (C=O) groups excluding carboxylic acids is 1. The van der Waals surface area contributed by atoms with E-state index in [1.807, 2.05) is 0 Å². The molecule has 6 nitrogen and oxygen atoms in total. The molecule has 1 amide bonds. The van der Waals surface area contributed by atoms with Crippen LogP contribution in [-0.2, 0) is 6.42 Å². The van der Waals surface area contributed by atoms with Gasteiger partial charge in [0, 0.05) is 12.2 Å². The Bertz CT molecular complexity index is 948. The van der Waals surface area contributed by atoms with E-state index >= 15 is 0 Å². The fraction of sp³-hybridized carbons (Fsp3) is 0.100. The highest BCUT2D eigenvalue weighted by atomic mass is 19.1. The zero-order valence-electron chi connectivity index (χ0n) is 14.3. The smallest absolute Gasteiger partial charge is 0.271 e. The lowest BCUT2D eigenvalue weighted by atomic mass is 10.1. The zero-order valence-corrected chi connectivity index (χ0v) is 14.3. The Morgan fingerprint density at radius 2 is 1.74 bits per heavy atom. The molecule has 1 aromatic heterocycles. The number of anilines is 2. The van der Waals surface area contributed by atoms with E-state index in [1.165, 1.54) is 12.1 Å². The first kappa shape index (κ1) is 18.0. The molecule has 0 radical (unpaired) electrons. The molecule has 27 heavy (non-hydrogen) atoms. The van der Waals surface area contributed by atoms with Gasteiger partial charge in [-0.25, -0.2) is 4.39 Å². The van der Waals surface area contributed by atoms with Crippen molar-refractivity contribution in [1.82, 2.24) is 15.5 Å². The molecule has 0 spiro atoms. The number of amides is 1. The summed E-state index contributed by atoms with van der Waals surface area (Å²) in [5.41, 5.74) is 2.48. The first-order valence-electron chi connectivity index (χ1n) is 8.27. The van der Waals surface area contributed by atoms with Gasteiger partial charge >= 0.3 is 0 Å². The van der Waals surface area contributed by atoms with Crippen molar-refractivity contribution in [3.05, 3.63) is 83.3 Å². The van der Waals surface area contributed by atoms with Crippen LogP contribution in [0.2, 0.25) is 0 Å². The van der Waals surface area contributed by atoms with Crippen LogP contribution in [0.1, 0.15) is 21.6 Å². The number of nitriles is 1. The van der Waals surface area contributed by atoms with Gasteiger partial charge in [0.2, 0.25) is 0 Å². The third-order valence-corrected chi connectivity index (χ3v) is 3.80. The number of halogens is 1. The number of carbonyl (C=O) groups is 1. The fourth-order valence-electron chi connectivity index (χ4n) is 2.36. The molecule has 0 aliphatic rings. The highest BCUT2D eigenvalue weighted by Gasteiger charge is 2.08. The quantitative estimate of drug-likeness (QED) is 0.704. The Hall–Kier alpha value is -3.79. The molecule has 2 aromatic carbocycles. The molecule has 3 rings (SSSR count). The predicted octanol–water partition coefficient (Wildman–Crippen LogP) is 3.20. The van der Waals surface area contributed by atoms with Crippen LogP contribution >= 0.6 is 0 Å². The SMILES string of the molecule is N#Cc1ccc(Nc2ccc(C(=O)NCCc3ccc(F)cc3)nn2)cc1. The summed E-state index contributed by atoms with van der Waals surface area (Å²) in [6, 6.07) is 18.3. The number of hydrogen-bond acceptors (Lipinski definition) is 5. The number of aromatic nitrogens is 2. The molecule has 0 aliphatic carbocycles. The number of rotatable bonds is 6. The van der Waals surface area contributed by atoms with E-state index in [9.17, 15) is 9.18 Å². The van der Waals surface area contributed by atoms with Crippen molar-refractivity contribution in [2.45, 2.75) is 6.42 Å². The minimum Gasteiger partial charge on any atom is -0.350 e. The van der Waals surface area contributed by atoms with Gasteiger partial charge in [-0.1, -0.05) is 12.1 Å². The monoisotopic (exact) mass is 361 g/mol. The van der Waals surface area contributed by atoms with Crippen LogP contribution in [0, 0.1) is 17.1 Å². The summed E-state index contributed by atoms with van der Waals surface area (Å²) >= 11 is 0. The molecule has 0 aliphatic heterocycles. The van der Waals surface area contributed by atoms with Crippen molar-refractivity contribution >= 4 is 17.4 Å². The maximum atomic E-state index is 12.9. The number of hydrogen-bond donors (Lipinski definition) is 2. The van der Waals surface area contributed by atoms with Crippen LogP contribution in [0.25, 0.3) is 0 Å². The molecule has 0 unspecified atom stereocenters. The lowest BCUT2D eigenvalue weighted by Gasteiger charge is -2.07. The van der Waals surface area contributed by atoms with Gasteiger partial charge in [0.05, 0.1) is 11.6 Å². The normalized spacial score (nSPS) is 10.1. The molecule has 7 heteroatoms. The van der Waals surface area contributed by atoms with E-state index in [2.05, 4.69) is 26.9 Å². The van der Waals surface area contributed by atoms with E-state index in [0.29, 0.717) is 24.3 Å². The van der Waals surface area contributed by atoms with Crippen molar-refractivity contribution < 1.29 is 9.18 Å². The molecule has 0 bridgehead atoms. The Kier molecular flexibility index (Phi) is 5.70. The van der Waals surface area contributed by atoms with Crippen LogP contribution in [0.5, 0.6) is 0 Å². The molecule has 0 saturated carbocycles. The maximum Gasteiger partial charge on any atom is 0.271 e. The summed E-state index contributed by atoms with van der Waals surface area (Å²) in [7, 11) is 0. The van der Waals surface area contributed by atoms with Crippen LogP contribution < -0.4 is 10.6 Å². The van der Waals surface area contributed by atoms with Gasteiger partial charge < -0.3 is 10.6 Å². The Balaban J connectivity index is 1.52. The largest absolute Gasteiger partial charge is 0.350 e. The second-order valence-corrected chi connectivity index (χ2v) is 5.75. The van der Waals surface area contributed by atoms with Crippen LogP contribution in [0.15, 0.2) is 60.7 Å². The zero-order chi connectivity index (χ0) is 19.1. The lowest BCUT2D eigenvalue weighted by molar-refractivity contribution is 0.0948. The first-order valence-corrected chi connectivity index (χ1v) is 8.27. The summed E-state index contributed by atoms with van der Waals surface area (Å²) < 4.78 is 12.9. The Morgan fingerprint density at radius 1 is 1.00 bits per heavy atom. The summed E-state index contributed by atoms with van der Waals surface area (Å²) in [6.45, 7) is 0.414. The number of benzene rings is 2. The third kappa shape index (κ3) is 5.09. The molecular weight excluding hydrogens is 345 g/mol. The third-order valence-electron chi connectivity index (χ3n) is 3.80. The average Bonchev–Trinajstić information content (AvgIpc) is 2.70. The van der Waals surface area contributed by atoms with Gasteiger partial charge in [-0.15, -0.1) is 10.2 Å². The fourth-order valence-corrected chi connectivity index (χ4v) is 2.36. The van der Waals surface area contributed by atoms with E-state index in [4.69, 9.17) is 5.26 Å². The van der Waals surface area contributed by atoms with Crippen LogP contribution in [-0.4, -0.2) is 22.6 Å². The minimum atomic E-state index is -0.325. The first-order chi connectivity index (χ1) is 13.1. The number of nitrogens with zero attached hydrogens (tertiary/aromatic N) is 3. The second-order valence-electron chi connectivity index (χ2n) is 5.75. The van der Waals surface area contributed by atoms with Crippen molar-refractivity contribution in [2.24, 2.45) is 0 Å². The number of nitrogens with one attached hydrogen (secondary N) is 2. The van der Waals surface area contributed by atoms with Crippen molar-refractivity contribution in [3.8, 4) is 6.07 Å². The molecule has 1 heterocycles. The van der Waals surface area contributed by atoms with Crippen molar-refractivity contribution in [3.63, 3.8) is 0 Å². The minimum absolute atomic E-state index is 0.208. The predicted molar refractivity (Wildman–Crippen MR) is 98.9 cm³/mol. The standard InChI is InChI=1S/C20H16FN5O/c21-16-5-1-14(2-6-16)11-12-23-20(27)18-9-10-19(26-25-18)24-17-7-3-15(13-22)4-8-17/h1-10H,11-12H2,(H,23,27)(H,24,26). The van der Waals surface area contributed by atoms with Crippen molar-refractivity contribution in [1.29, 1.82) is 5.26 Å². The van der Waals surface area contributed by atoms with Crippen LogP contribution in [0.4, 0.5) is 15.9 Å². The lowest BCUT2D eigenvalue weighted by Crippen LogP contribution is -2.26. The van der Waals surface area contributed by atoms with Gasteiger partial charge in [0.1, 0.15) is 5.82 Å². The average molecular weight is 361 g/mol. The van der Waals surface area contributed by atoms with Gasteiger partial charge in [-0.05, 0) is 60.5 Å². The van der Waals surface area contributed by atoms with Gasteiger partial charge in [-0.2, -0.15) is 5.26 Å². The van der Waals surface area contributed by atoms with Gasteiger partial charge in [-0.3, -0.25) is 4.79 Å². The van der Waals surface area contributed by atoms with Gasteiger partial charge in [0.25, 0.3) is 5.91 Å². The molecule has 0 saturated heterocycles. The molecular formula is C20H16FN5O. The molecule has 2 N–H and O–H groups in total. The molecule has 3 aromatic rings. The van der Waals surface area contributed by atoms with E-state index in [-0.39, 0.29) is 17.4 Å². The van der Waals surface area contributed by atoms with E-state index in [0.717, 1.165) is 11.3 Å². The van der Waals surface area contributed by atoms with Crippen molar-refractivity contribution in [2.75, 3.05) is 11.9 Å². The summed E-state index contributed by atoms with van der Waals surface area (Å²) in [4.78, 5) is 12.1. The van der Waals surface area contributed by atoms with E-state index in [1.54, 1.807) is 48.5 Å². The Labute approximate surface area is 155 Å². The molecule has 0 atom stereocenters. The summed E-state index contributed by atoms with van der Waals surface area (Å²) in [6.07, 6.45) is 0.595. The summed E-state index contributed by atoms with van der Waals surface area (Å²) in [5, 5.41) is 22.5. The topological polar surface area (TPSA) is 90.7 Å². The van der Waals surface area contributed by atoms with Crippen LogP contribution in [0.3, 0.4) is 0 Å². The maximum absolute atomic E-state index is 12.9. The highest BCUT2D eigenvalue weighted by molar-refractivity contribution is 5.92. The summed E-state index contributed by atoms with van der Waals surface area (Å²) in [5.74, 6) is -0.120. The molecule has 134 valence electrons. The second kappa shape index (κ2) is 8.54.